The number of hydrogen-bond donors (Lipinski definition) is 0. The molecule has 1 amide bonds. The number of nitrogens with zero attached hydrogens (tertiary/aromatic N) is 4. The lowest BCUT2D eigenvalue weighted by Gasteiger charge is -2.37. The van der Waals surface area contributed by atoms with E-state index in [4.69, 9.17) is 4.74 Å². The zero-order chi connectivity index (χ0) is 15.4. The molecule has 0 N–H and O–H groups in total. The molecule has 2 atom stereocenters. The molecule has 3 rings (SSSR count). The SMILES string of the molecule is CN1CCC[C@@H](C(=O)N2CCC[C@H](Oc3cnccn3)C2)C1. The third kappa shape index (κ3) is 3.74. The third-order valence-electron chi connectivity index (χ3n) is 4.49. The molecule has 0 aromatic carbocycles. The number of carbonyl (C=O) groups excluding carboxylic acids is 1. The maximum atomic E-state index is 12.7. The van der Waals surface area contributed by atoms with E-state index in [9.17, 15) is 4.79 Å². The van der Waals surface area contributed by atoms with E-state index < -0.39 is 0 Å². The molecule has 120 valence electrons. The summed E-state index contributed by atoms with van der Waals surface area (Å²) in [5.74, 6) is 0.979. The minimum atomic E-state index is 0.0238. The van der Waals surface area contributed by atoms with Gasteiger partial charge in [0.05, 0.1) is 18.7 Å². The van der Waals surface area contributed by atoms with Gasteiger partial charge in [-0.05, 0) is 39.3 Å². The molecule has 0 unspecified atom stereocenters. The minimum absolute atomic E-state index is 0.0238. The molecule has 2 fully saturated rings. The van der Waals surface area contributed by atoms with Crippen LogP contribution in [0.3, 0.4) is 0 Å². The molecule has 3 heterocycles. The lowest BCUT2D eigenvalue weighted by Crippen LogP contribution is -2.49. The van der Waals surface area contributed by atoms with Gasteiger partial charge in [-0.2, -0.15) is 0 Å². The van der Waals surface area contributed by atoms with Gasteiger partial charge in [0.2, 0.25) is 11.8 Å². The highest BCUT2D eigenvalue weighted by atomic mass is 16.5. The fourth-order valence-corrected chi connectivity index (χ4v) is 3.38. The summed E-state index contributed by atoms with van der Waals surface area (Å²) in [6.07, 6.45) is 8.97. The summed E-state index contributed by atoms with van der Waals surface area (Å²) in [7, 11) is 2.09. The van der Waals surface area contributed by atoms with Crippen LogP contribution in [0.15, 0.2) is 18.6 Å². The van der Waals surface area contributed by atoms with Crippen LogP contribution in [0.5, 0.6) is 5.88 Å². The molecule has 6 nitrogen and oxygen atoms in total. The maximum Gasteiger partial charge on any atom is 0.232 e. The summed E-state index contributed by atoms with van der Waals surface area (Å²) in [6.45, 7) is 3.49. The van der Waals surface area contributed by atoms with Crippen LogP contribution < -0.4 is 4.74 Å². The van der Waals surface area contributed by atoms with Crippen LogP contribution in [0.1, 0.15) is 25.7 Å². The second-order valence-corrected chi connectivity index (χ2v) is 6.31. The number of likely N-dealkylation sites (tertiary alicyclic amines) is 2. The smallest absolute Gasteiger partial charge is 0.232 e. The molecule has 1 aromatic rings. The van der Waals surface area contributed by atoms with Gasteiger partial charge in [0.1, 0.15) is 6.10 Å². The van der Waals surface area contributed by atoms with E-state index in [1.807, 2.05) is 4.90 Å². The van der Waals surface area contributed by atoms with Crippen LogP contribution in [-0.4, -0.2) is 65.0 Å². The van der Waals surface area contributed by atoms with Gasteiger partial charge in [0.15, 0.2) is 0 Å². The Kier molecular flexibility index (Phi) is 4.87. The molecule has 0 aliphatic carbocycles. The summed E-state index contributed by atoms with van der Waals surface area (Å²) >= 11 is 0. The predicted octanol–water partition coefficient (Wildman–Crippen LogP) is 1.19. The Morgan fingerprint density at radius 2 is 2.09 bits per heavy atom. The molecule has 0 radical (unpaired) electrons. The summed E-state index contributed by atoms with van der Waals surface area (Å²) in [5.41, 5.74) is 0. The van der Waals surface area contributed by atoms with E-state index in [0.29, 0.717) is 18.3 Å². The molecule has 0 saturated carbocycles. The highest BCUT2D eigenvalue weighted by molar-refractivity contribution is 5.79. The summed E-state index contributed by atoms with van der Waals surface area (Å²) < 4.78 is 5.87. The molecular weight excluding hydrogens is 280 g/mol. The molecule has 2 saturated heterocycles. The van der Waals surface area contributed by atoms with E-state index in [1.165, 1.54) is 0 Å². The number of carbonyl (C=O) groups is 1. The molecule has 2 aliphatic rings. The second kappa shape index (κ2) is 7.05. The van der Waals surface area contributed by atoms with Crippen molar-refractivity contribution >= 4 is 5.91 Å². The number of aromatic nitrogens is 2. The molecule has 6 heteroatoms. The molecule has 22 heavy (non-hydrogen) atoms. The van der Waals surface area contributed by atoms with Crippen molar-refractivity contribution in [2.75, 3.05) is 33.2 Å². The Balaban J connectivity index is 1.57. The van der Waals surface area contributed by atoms with Crippen molar-refractivity contribution in [1.82, 2.24) is 19.8 Å². The van der Waals surface area contributed by atoms with E-state index in [-0.39, 0.29) is 12.0 Å². The first-order valence-electron chi connectivity index (χ1n) is 8.12. The molecule has 1 aromatic heterocycles. The molecular formula is C16H24N4O2. The fourth-order valence-electron chi connectivity index (χ4n) is 3.38. The zero-order valence-corrected chi connectivity index (χ0v) is 13.1. The Hall–Kier alpha value is -1.69. The zero-order valence-electron chi connectivity index (χ0n) is 13.1. The first-order chi connectivity index (χ1) is 10.7. The normalized spacial score (nSPS) is 26.7. The highest BCUT2D eigenvalue weighted by Gasteiger charge is 2.31. The first-order valence-corrected chi connectivity index (χ1v) is 8.12. The first kappa shape index (κ1) is 15.2. The van der Waals surface area contributed by atoms with Gasteiger partial charge in [0, 0.05) is 25.5 Å². The van der Waals surface area contributed by atoms with Crippen LogP contribution in [0, 0.1) is 5.92 Å². The van der Waals surface area contributed by atoms with Crippen molar-refractivity contribution in [2.24, 2.45) is 5.92 Å². The quantitative estimate of drug-likeness (QED) is 0.839. The van der Waals surface area contributed by atoms with Crippen LogP contribution in [0.4, 0.5) is 0 Å². The lowest BCUT2D eigenvalue weighted by atomic mass is 9.95. The molecule has 0 bridgehead atoms. The minimum Gasteiger partial charge on any atom is -0.471 e. The van der Waals surface area contributed by atoms with Crippen LogP contribution >= 0.6 is 0 Å². The molecule has 2 aliphatic heterocycles. The van der Waals surface area contributed by atoms with Crippen molar-refractivity contribution < 1.29 is 9.53 Å². The number of amides is 1. The van der Waals surface area contributed by atoms with E-state index in [1.54, 1.807) is 18.6 Å². The third-order valence-corrected chi connectivity index (χ3v) is 4.49. The van der Waals surface area contributed by atoms with Gasteiger partial charge in [0.25, 0.3) is 0 Å². The Labute approximate surface area is 131 Å². The number of rotatable bonds is 3. The topological polar surface area (TPSA) is 58.6 Å². The Morgan fingerprint density at radius 3 is 2.86 bits per heavy atom. The Morgan fingerprint density at radius 1 is 1.23 bits per heavy atom. The maximum absolute atomic E-state index is 12.7. The number of ether oxygens (including phenoxy) is 1. The van der Waals surface area contributed by atoms with Crippen LogP contribution in [-0.2, 0) is 4.79 Å². The van der Waals surface area contributed by atoms with Gasteiger partial charge < -0.3 is 14.5 Å². The van der Waals surface area contributed by atoms with E-state index >= 15 is 0 Å². The van der Waals surface area contributed by atoms with Crippen molar-refractivity contribution in [3.63, 3.8) is 0 Å². The predicted molar refractivity (Wildman–Crippen MR) is 82.5 cm³/mol. The van der Waals surface area contributed by atoms with Gasteiger partial charge >= 0.3 is 0 Å². The van der Waals surface area contributed by atoms with Crippen molar-refractivity contribution in [1.29, 1.82) is 0 Å². The average molecular weight is 304 g/mol. The van der Waals surface area contributed by atoms with Crippen LogP contribution in [0.25, 0.3) is 0 Å². The Bertz CT molecular complexity index is 496. The second-order valence-electron chi connectivity index (χ2n) is 6.31. The summed E-state index contributed by atoms with van der Waals surface area (Å²) in [5, 5.41) is 0. The van der Waals surface area contributed by atoms with E-state index in [0.717, 1.165) is 45.3 Å². The van der Waals surface area contributed by atoms with Gasteiger partial charge in [-0.3, -0.25) is 9.78 Å². The van der Waals surface area contributed by atoms with Crippen LogP contribution in [0.2, 0.25) is 0 Å². The van der Waals surface area contributed by atoms with Crippen molar-refractivity contribution in [3.05, 3.63) is 18.6 Å². The summed E-state index contributed by atoms with van der Waals surface area (Å²) in [6, 6.07) is 0. The summed E-state index contributed by atoms with van der Waals surface area (Å²) in [4.78, 5) is 25.1. The molecule has 0 spiro atoms. The van der Waals surface area contributed by atoms with Crippen molar-refractivity contribution in [2.45, 2.75) is 31.8 Å². The monoisotopic (exact) mass is 304 g/mol. The van der Waals surface area contributed by atoms with E-state index in [2.05, 4.69) is 21.9 Å². The van der Waals surface area contributed by atoms with Gasteiger partial charge in [-0.25, -0.2) is 4.98 Å². The standard InChI is InChI=1S/C16H24N4O2/c1-19-8-2-4-13(11-19)16(21)20-9-3-5-14(12-20)22-15-10-17-6-7-18-15/h6-7,10,13-14H,2-5,8-9,11-12H2,1H3/t13-,14+/m1/s1. The largest absolute Gasteiger partial charge is 0.471 e. The van der Waals surface area contributed by atoms with Gasteiger partial charge in [-0.15, -0.1) is 0 Å². The highest BCUT2D eigenvalue weighted by Crippen LogP contribution is 2.22. The number of piperidine rings is 2. The lowest BCUT2D eigenvalue weighted by molar-refractivity contribution is -0.139. The average Bonchev–Trinajstić information content (AvgIpc) is 2.55. The fraction of sp³-hybridized carbons (Fsp3) is 0.688. The van der Waals surface area contributed by atoms with Gasteiger partial charge in [-0.1, -0.05) is 0 Å². The van der Waals surface area contributed by atoms with Crippen molar-refractivity contribution in [3.8, 4) is 5.88 Å². The number of hydrogen-bond acceptors (Lipinski definition) is 5.